The van der Waals surface area contributed by atoms with Crippen LogP contribution in [0.2, 0.25) is 0 Å². The Hall–Kier alpha value is -4.21. The van der Waals surface area contributed by atoms with Crippen LogP contribution < -0.4 is 15.5 Å². The van der Waals surface area contributed by atoms with Gasteiger partial charge in [0.1, 0.15) is 22.9 Å². The minimum absolute atomic E-state index is 0.133. The number of hydrogen-bond acceptors (Lipinski definition) is 9. The number of anilines is 2. The minimum atomic E-state index is -1.19. The monoisotopic (exact) mass is 475 g/mol. The number of aromatic nitrogens is 2. The molecule has 10 nitrogen and oxygen atoms in total. The van der Waals surface area contributed by atoms with E-state index in [1.165, 1.54) is 23.6 Å². The number of ether oxygens (including phenoxy) is 2. The van der Waals surface area contributed by atoms with Crippen molar-refractivity contribution >= 4 is 34.8 Å². The highest BCUT2D eigenvalue weighted by Crippen LogP contribution is 2.34. The molecule has 1 saturated heterocycles. The molecule has 0 radical (unpaired) electrons. The number of carbonyl (C=O) groups excluding carboxylic acids is 2. The van der Waals surface area contributed by atoms with E-state index in [-0.39, 0.29) is 16.8 Å². The fraction of sp³-hybridized carbons (Fsp3) is 0.320. The minimum Gasteiger partial charge on any atom is -0.468 e. The highest BCUT2D eigenvalue weighted by Gasteiger charge is 2.50. The van der Waals surface area contributed by atoms with Gasteiger partial charge < -0.3 is 14.4 Å². The van der Waals surface area contributed by atoms with Gasteiger partial charge in [0.2, 0.25) is 0 Å². The summed E-state index contributed by atoms with van der Waals surface area (Å²) in [7, 11) is 2.49. The number of esters is 2. The van der Waals surface area contributed by atoms with Crippen LogP contribution in [-0.4, -0.2) is 60.4 Å². The van der Waals surface area contributed by atoms with Crippen LogP contribution in [0.3, 0.4) is 0 Å². The number of nitrogens with zero attached hydrogens (tertiary/aromatic N) is 5. The zero-order chi connectivity index (χ0) is 24.5. The van der Waals surface area contributed by atoms with E-state index in [1.54, 1.807) is 42.6 Å². The molecular weight excluding hydrogens is 450 g/mol. The third-order valence-corrected chi connectivity index (χ3v) is 6.38. The van der Waals surface area contributed by atoms with Gasteiger partial charge in [-0.3, -0.25) is 14.0 Å². The standard InChI is InChI=1S/C25H25N5O5/c1-34-24(32)18-20(27-30(21(18)25(33)35-2)16-10-4-3-5-11-16)19-22(28-13-8-9-14-28)26-17-12-6-7-15-29(17)23(19)31/h3-7,10-12,15,18,21H,8-9,13-14H2,1-2H3/t18-,21-/m0/s1. The van der Waals surface area contributed by atoms with E-state index in [0.717, 1.165) is 25.9 Å². The molecule has 10 heteroatoms. The molecule has 1 aromatic carbocycles. The molecule has 0 amide bonds. The molecular formula is C25H25N5O5. The topological polar surface area (TPSA) is 106 Å². The molecule has 0 bridgehead atoms. The molecule has 0 unspecified atom stereocenters. The van der Waals surface area contributed by atoms with E-state index in [2.05, 4.69) is 0 Å². The summed E-state index contributed by atoms with van der Waals surface area (Å²) >= 11 is 0. The molecule has 0 N–H and O–H groups in total. The van der Waals surface area contributed by atoms with Crippen molar-refractivity contribution in [3.8, 4) is 0 Å². The molecule has 4 heterocycles. The smallest absolute Gasteiger partial charge is 0.332 e. The summed E-state index contributed by atoms with van der Waals surface area (Å²) in [5, 5.41) is 6.12. The van der Waals surface area contributed by atoms with E-state index in [4.69, 9.17) is 19.6 Å². The lowest BCUT2D eigenvalue weighted by molar-refractivity contribution is -0.150. The van der Waals surface area contributed by atoms with Gasteiger partial charge in [-0.25, -0.2) is 14.8 Å². The molecule has 1 fully saturated rings. The lowest BCUT2D eigenvalue weighted by atomic mass is 9.91. The van der Waals surface area contributed by atoms with Gasteiger partial charge in [0.05, 0.1) is 25.6 Å². The zero-order valence-electron chi connectivity index (χ0n) is 19.5. The van der Waals surface area contributed by atoms with Gasteiger partial charge in [-0.2, -0.15) is 5.10 Å². The number of carbonyl (C=O) groups is 2. The summed E-state index contributed by atoms with van der Waals surface area (Å²) in [4.78, 5) is 46.8. The summed E-state index contributed by atoms with van der Waals surface area (Å²) in [6.45, 7) is 1.45. The van der Waals surface area contributed by atoms with Crippen LogP contribution in [0.25, 0.3) is 5.65 Å². The highest BCUT2D eigenvalue weighted by atomic mass is 16.5. The fourth-order valence-corrected chi connectivity index (χ4v) is 4.72. The van der Waals surface area contributed by atoms with E-state index in [9.17, 15) is 14.4 Å². The van der Waals surface area contributed by atoms with Crippen molar-refractivity contribution < 1.29 is 19.1 Å². The van der Waals surface area contributed by atoms with Crippen molar-refractivity contribution in [2.45, 2.75) is 18.9 Å². The Morgan fingerprint density at radius 1 is 0.943 bits per heavy atom. The third-order valence-electron chi connectivity index (χ3n) is 6.38. The average molecular weight is 476 g/mol. The van der Waals surface area contributed by atoms with Gasteiger partial charge >= 0.3 is 11.9 Å². The molecule has 0 saturated carbocycles. The van der Waals surface area contributed by atoms with Crippen LogP contribution >= 0.6 is 0 Å². The molecule has 2 aromatic heterocycles. The maximum Gasteiger partial charge on any atom is 0.332 e. The maximum atomic E-state index is 13.9. The molecule has 2 aliphatic heterocycles. The Balaban J connectivity index is 1.79. The van der Waals surface area contributed by atoms with Gasteiger partial charge in [-0.1, -0.05) is 24.3 Å². The summed E-state index contributed by atoms with van der Waals surface area (Å²) in [5.41, 5.74) is 1.000. The quantitative estimate of drug-likeness (QED) is 0.515. The third kappa shape index (κ3) is 3.80. The van der Waals surface area contributed by atoms with Crippen LogP contribution in [0, 0.1) is 5.92 Å². The second kappa shape index (κ2) is 9.21. The van der Waals surface area contributed by atoms with Crippen molar-refractivity contribution in [3.63, 3.8) is 0 Å². The predicted molar refractivity (Wildman–Crippen MR) is 130 cm³/mol. The number of hydrazone groups is 1. The van der Waals surface area contributed by atoms with Crippen molar-refractivity contribution in [2.75, 3.05) is 37.2 Å². The number of benzene rings is 1. The van der Waals surface area contributed by atoms with Crippen LogP contribution in [0.15, 0.2) is 64.6 Å². The van der Waals surface area contributed by atoms with Crippen molar-refractivity contribution in [1.29, 1.82) is 0 Å². The molecule has 0 spiro atoms. The number of para-hydroxylation sites is 1. The first-order valence-electron chi connectivity index (χ1n) is 11.4. The molecule has 0 aliphatic carbocycles. The molecule has 2 atom stereocenters. The van der Waals surface area contributed by atoms with Crippen LogP contribution in [0.5, 0.6) is 0 Å². The summed E-state index contributed by atoms with van der Waals surface area (Å²) in [6.07, 6.45) is 3.55. The normalized spacial score (nSPS) is 19.7. The Morgan fingerprint density at radius 2 is 1.63 bits per heavy atom. The largest absolute Gasteiger partial charge is 0.468 e. The predicted octanol–water partition coefficient (Wildman–Crippen LogP) is 1.85. The van der Waals surface area contributed by atoms with Crippen LogP contribution in [0.4, 0.5) is 11.5 Å². The lowest BCUT2D eigenvalue weighted by Gasteiger charge is -2.25. The van der Waals surface area contributed by atoms with Crippen molar-refractivity contribution in [1.82, 2.24) is 9.38 Å². The summed E-state index contributed by atoms with van der Waals surface area (Å²) in [5.74, 6) is -2.10. The second-order valence-corrected chi connectivity index (χ2v) is 8.37. The number of methoxy groups -OCH3 is 2. The van der Waals surface area contributed by atoms with Gasteiger partial charge in [-0.05, 0) is 37.1 Å². The molecule has 35 heavy (non-hydrogen) atoms. The van der Waals surface area contributed by atoms with E-state index < -0.39 is 23.9 Å². The summed E-state index contributed by atoms with van der Waals surface area (Å²) < 4.78 is 11.6. The summed E-state index contributed by atoms with van der Waals surface area (Å²) in [6, 6.07) is 13.1. The Labute approximate surface area is 201 Å². The molecule has 180 valence electrons. The fourth-order valence-electron chi connectivity index (χ4n) is 4.72. The van der Waals surface area contributed by atoms with Gasteiger partial charge in [0.25, 0.3) is 5.56 Å². The SMILES string of the molecule is COC(=O)[C@H]1C(c2c(N3CCCC3)nc3ccccn3c2=O)=NN(c2ccccc2)[C@@H]1C(=O)OC. The van der Waals surface area contributed by atoms with Gasteiger partial charge in [0.15, 0.2) is 6.04 Å². The molecule has 3 aromatic rings. The molecule has 5 rings (SSSR count). The first-order valence-corrected chi connectivity index (χ1v) is 11.4. The van der Waals surface area contributed by atoms with Crippen molar-refractivity contribution in [2.24, 2.45) is 11.0 Å². The van der Waals surface area contributed by atoms with Gasteiger partial charge in [-0.15, -0.1) is 0 Å². The van der Waals surface area contributed by atoms with Gasteiger partial charge in [0, 0.05) is 19.3 Å². The first-order chi connectivity index (χ1) is 17.0. The average Bonchev–Trinajstić information content (AvgIpc) is 3.57. The lowest BCUT2D eigenvalue weighted by Crippen LogP contribution is -2.46. The Morgan fingerprint density at radius 3 is 2.31 bits per heavy atom. The number of hydrogen-bond donors (Lipinski definition) is 0. The molecule has 2 aliphatic rings. The zero-order valence-corrected chi connectivity index (χ0v) is 19.5. The second-order valence-electron chi connectivity index (χ2n) is 8.37. The number of rotatable bonds is 5. The van der Waals surface area contributed by atoms with E-state index in [0.29, 0.717) is 17.2 Å². The first kappa shape index (κ1) is 22.6. The maximum absolute atomic E-state index is 13.9. The van der Waals surface area contributed by atoms with Crippen molar-refractivity contribution in [3.05, 3.63) is 70.6 Å². The highest BCUT2D eigenvalue weighted by molar-refractivity contribution is 6.19. The van der Waals surface area contributed by atoms with E-state index >= 15 is 0 Å². The number of pyridine rings is 1. The Bertz CT molecular complexity index is 1360. The Kier molecular flexibility index (Phi) is 5.94. The van der Waals surface area contributed by atoms with Crippen LogP contribution in [-0.2, 0) is 19.1 Å². The van der Waals surface area contributed by atoms with E-state index in [1.807, 2.05) is 17.0 Å². The van der Waals surface area contributed by atoms with Crippen LogP contribution in [0.1, 0.15) is 18.4 Å². The number of fused-ring (bicyclic) bond motifs is 1.